The molecule has 1 unspecified atom stereocenters. The minimum Gasteiger partial charge on any atom is -0.389 e. The summed E-state index contributed by atoms with van der Waals surface area (Å²) in [6.45, 7) is 12.0. The molecule has 0 aromatic carbocycles. The number of likely N-dealkylation sites (tertiary alicyclic amines) is 1. The van der Waals surface area contributed by atoms with Crippen molar-refractivity contribution < 1.29 is 5.11 Å². The quantitative estimate of drug-likeness (QED) is 0.703. The molecule has 0 spiro atoms. The summed E-state index contributed by atoms with van der Waals surface area (Å²) in [7, 11) is 0. The van der Waals surface area contributed by atoms with E-state index in [1.807, 2.05) is 6.92 Å². The standard InChI is InChI=1S/C15H31NO/c1-5-8-14(4,17)11-16-12-15(13-16,9-6-2)10-7-3/h17H,5-13H2,1-4H3. The van der Waals surface area contributed by atoms with Gasteiger partial charge in [-0.2, -0.15) is 0 Å². The molecule has 1 aliphatic rings. The normalized spacial score (nSPS) is 23.1. The number of nitrogens with zero attached hydrogens (tertiary/aromatic N) is 1. The first-order valence-electron chi connectivity index (χ1n) is 7.41. The van der Waals surface area contributed by atoms with Crippen molar-refractivity contribution in [3.63, 3.8) is 0 Å². The van der Waals surface area contributed by atoms with Crippen LogP contribution in [0.4, 0.5) is 0 Å². The lowest BCUT2D eigenvalue weighted by molar-refractivity contribution is -0.0713. The molecule has 0 amide bonds. The van der Waals surface area contributed by atoms with Crippen LogP contribution >= 0.6 is 0 Å². The molecule has 17 heavy (non-hydrogen) atoms. The zero-order chi connectivity index (χ0) is 12.9. The van der Waals surface area contributed by atoms with Crippen LogP contribution in [0.15, 0.2) is 0 Å². The van der Waals surface area contributed by atoms with Crippen LogP contribution in [0.1, 0.15) is 66.2 Å². The van der Waals surface area contributed by atoms with Gasteiger partial charge in [-0.15, -0.1) is 0 Å². The molecule has 102 valence electrons. The molecular formula is C15H31NO. The van der Waals surface area contributed by atoms with E-state index in [1.165, 1.54) is 38.8 Å². The fourth-order valence-electron chi connectivity index (χ4n) is 3.62. The van der Waals surface area contributed by atoms with E-state index in [4.69, 9.17) is 0 Å². The number of β-amino-alcohol motifs (C(OH)–C–C–N with tert-alkyl or cyclic N) is 1. The van der Waals surface area contributed by atoms with Crippen LogP contribution < -0.4 is 0 Å². The number of rotatable bonds is 8. The molecule has 0 aromatic heterocycles. The van der Waals surface area contributed by atoms with Gasteiger partial charge in [0.25, 0.3) is 0 Å². The Kier molecular flexibility index (Phi) is 5.46. The lowest BCUT2D eigenvalue weighted by Gasteiger charge is -2.52. The molecule has 1 atom stereocenters. The van der Waals surface area contributed by atoms with Crippen LogP contribution in [0, 0.1) is 5.41 Å². The van der Waals surface area contributed by atoms with E-state index in [1.54, 1.807) is 0 Å². The molecule has 2 heteroatoms. The molecule has 1 aliphatic heterocycles. The second-order valence-corrected chi connectivity index (χ2v) is 6.39. The highest BCUT2D eigenvalue weighted by Gasteiger charge is 2.42. The maximum absolute atomic E-state index is 10.2. The van der Waals surface area contributed by atoms with Gasteiger partial charge in [0, 0.05) is 19.6 Å². The summed E-state index contributed by atoms with van der Waals surface area (Å²) < 4.78 is 0. The van der Waals surface area contributed by atoms with E-state index in [-0.39, 0.29) is 0 Å². The first-order chi connectivity index (χ1) is 7.97. The van der Waals surface area contributed by atoms with Gasteiger partial charge in [0.1, 0.15) is 0 Å². The van der Waals surface area contributed by atoms with Crippen molar-refractivity contribution in [2.45, 2.75) is 71.8 Å². The van der Waals surface area contributed by atoms with Crippen molar-refractivity contribution in [3.8, 4) is 0 Å². The third-order valence-electron chi connectivity index (χ3n) is 4.03. The number of aliphatic hydroxyl groups is 1. The van der Waals surface area contributed by atoms with Crippen molar-refractivity contribution in [1.29, 1.82) is 0 Å². The Morgan fingerprint density at radius 1 is 1.06 bits per heavy atom. The van der Waals surface area contributed by atoms with Crippen LogP contribution in [0.25, 0.3) is 0 Å². The average molecular weight is 241 g/mol. The van der Waals surface area contributed by atoms with Gasteiger partial charge >= 0.3 is 0 Å². The maximum atomic E-state index is 10.2. The van der Waals surface area contributed by atoms with Crippen LogP contribution in [0.3, 0.4) is 0 Å². The predicted molar refractivity (Wildman–Crippen MR) is 74.2 cm³/mol. The van der Waals surface area contributed by atoms with Crippen LogP contribution in [0.5, 0.6) is 0 Å². The molecule has 0 aromatic rings. The Labute approximate surface area is 107 Å². The van der Waals surface area contributed by atoms with Gasteiger partial charge in [0.05, 0.1) is 5.60 Å². The Hall–Kier alpha value is -0.0800. The molecule has 1 saturated heterocycles. The van der Waals surface area contributed by atoms with Gasteiger partial charge in [0.2, 0.25) is 0 Å². The highest BCUT2D eigenvalue weighted by Crippen LogP contribution is 2.40. The van der Waals surface area contributed by atoms with Crippen LogP contribution in [-0.4, -0.2) is 35.2 Å². The van der Waals surface area contributed by atoms with Crippen molar-refractivity contribution in [2.75, 3.05) is 19.6 Å². The molecule has 0 aliphatic carbocycles. The Balaban J connectivity index is 2.38. The van der Waals surface area contributed by atoms with E-state index in [2.05, 4.69) is 25.7 Å². The van der Waals surface area contributed by atoms with Crippen LogP contribution in [0.2, 0.25) is 0 Å². The summed E-state index contributed by atoms with van der Waals surface area (Å²) in [5.74, 6) is 0. The largest absolute Gasteiger partial charge is 0.389 e. The minimum atomic E-state index is -0.487. The summed E-state index contributed by atoms with van der Waals surface area (Å²) >= 11 is 0. The first-order valence-corrected chi connectivity index (χ1v) is 7.41. The van der Waals surface area contributed by atoms with Crippen LogP contribution in [-0.2, 0) is 0 Å². The second kappa shape index (κ2) is 6.19. The van der Waals surface area contributed by atoms with E-state index in [0.717, 1.165) is 19.4 Å². The molecule has 1 fully saturated rings. The lowest BCUT2D eigenvalue weighted by Crippen LogP contribution is -2.59. The molecule has 0 radical (unpaired) electrons. The van der Waals surface area contributed by atoms with Crippen molar-refractivity contribution >= 4 is 0 Å². The summed E-state index contributed by atoms with van der Waals surface area (Å²) in [5, 5.41) is 10.2. The average Bonchev–Trinajstić information content (AvgIpc) is 2.15. The summed E-state index contributed by atoms with van der Waals surface area (Å²) in [4.78, 5) is 2.45. The summed E-state index contributed by atoms with van der Waals surface area (Å²) in [6.07, 6.45) is 7.27. The van der Waals surface area contributed by atoms with Gasteiger partial charge in [-0.1, -0.05) is 40.0 Å². The number of hydrogen-bond acceptors (Lipinski definition) is 2. The lowest BCUT2D eigenvalue weighted by atomic mass is 9.72. The molecule has 0 bridgehead atoms. The second-order valence-electron chi connectivity index (χ2n) is 6.39. The van der Waals surface area contributed by atoms with E-state index in [9.17, 15) is 5.11 Å². The van der Waals surface area contributed by atoms with Gasteiger partial charge in [-0.3, -0.25) is 4.90 Å². The zero-order valence-corrected chi connectivity index (χ0v) is 12.3. The molecule has 2 nitrogen and oxygen atoms in total. The van der Waals surface area contributed by atoms with Gasteiger partial charge in [0.15, 0.2) is 0 Å². The molecule has 1 rings (SSSR count). The third-order valence-corrected chi connectivity index (χ3v) is 4.03. The SMILES string of the molecule is CCCC(C)(O)CN1CC(CCC)(CCC)C1. The van der Waals surface area contributed by atoms with E-state index < -0.39 is 5.60 Å². The van der Waals surface area contributed by atoms with E-state index in [0.29, 0.717) is 5.41 Å². The van der Waals surface area contributed by atoms with E-state index >= 15 is 0 Å². The highest BCUT2D eigenvalue weighted by atomic mass is 16.3. The topological polar surface area (TPSA) is 23.5 Å². The molecule has 1 heterocycles. The Morgan fingerprint density at radius 2 is 1.59 bits per heavy atom. The van der Waals surface area contributed by atoms with Crippen molar-refractivity contribution in [3.05, 3.63) is 0 Å². The summed E-state index contributed by atoms with van der Waals surface area (Å²) in [5.41, 5.74) is 0.0884. The van der Waals surface area contributed by atoms with Gasteiger partial charge in [-0.05, 0) is 31.6 Å². The monoisotopic (exact) mass is 241 g/mol. The molecule has 0 saturated carbocycles. The third kappa shape index (κ3) is 4.26. The Bertz CT molecular complexity index is 211. The van der Waals surface area contributed by atoms with Gasteiger partial charge in [-0.25, -0.2) is 0 Å². The minimum absolute atomic E-state index is 0.487. The predicted octanol–water partition coefficient (Wildman–Crippen LogP) is 3.44. The summed E-state index contributed by atoms with van der Waals surface area (Å²) in [6, 6.07) is 0. The Morgan fingerprint density at radius 3 is 2.00 bits per heavy atom. The van der Waals surface area contributed by atoms with Crippen molar-refractivity contribution in [1.82, 2.24) is 4.90 Å². The maximum Gasteiger partial charge on any atom is 0.0746 e. The number of hydrogen-bond donors (Lipinski definition) is 1. The molecule has 1 N–H and O–H groups in total. The van der Waals surface area contributed by atoms with Gasteiger partial charge < -0.3 is 5.11 Å². The van der Waals surface area contributed by atoms with Crippen molar-refractivity contribution in [2.24, 2.45) is 5.41 Å². The smallest absolute Gasteiger partial charge is 0.0746 e. The fourth-order valence-corrected chi connectivity index (χ4v) is 3.62. The zero-order valence-electron chi connectivity index (χ0n) is 12.3. The highest BCUT2D eigenvalue weighted by molar-refractivity contribution is 4.96. The first kappa shape index (κ1) is 15.0. The fraction of sp³-hybridized carbons (Fsp3) is 1.00. The molecular weight excluding hydrogens is 210 g/mol.